The van der Waals surface area contributed by atoms with Crippen LogP contribution in [0.15, 0.2) is 71.5 Å². The van der Waals surface area contributed by atoms with Crippen LogP contribution in [-0.2, 0) is 6.54 Å². The fourth-order valence-electron chi connectivity index (χ4n) is 2.21. The van der Waals surface area contributed by atoms with Crippen molar-refractivity contribution >= 4 is 11.6 Å². The number of rotatable bonds is 4. The topological polar surface area (TPSA) is 64.0 Å². The summed E-state index contributed by atoms with van der Waals surface area (Å²) < 4.78 is 14.4. The molecule has 0 saturated carbocycles. The molecule has 3 rings (SSSR count). The van der Waals surface area contributed by atoms with E-state index in [4.69, 9.17) is 0 Å². The summed E-state index contributed by atoms with van der Waals surface area (Å²) in [5.41, 5.74) is 0.961. The van der Waals surface area contributed by atoms with Crippen molar-refractivity contribution in [2.45, 2.75) is 6.54 Å². The van der Waals surface area contributed by atoms with Crippen molar-refractivity contribution in [2.24, 2.45) is 0 Å². The van der Waals surface area contributed by atoms with E-state index in [2.05, 4.69) is 10.4 Å². The SMILES string of the molecule is O=C(Nc1ccccc1)c1ccc(=O)n(Cc2cccc(F)c2)n1. The molecule has 120 valence electrons. The molecule has 2 aromatic carbocycles. The first-order chi connectivity index (χ1) is 11.6. The van der Waals surface area contributed by atoms with Crippen LogP contribution in [-0.4, -0.2) is 15.7 Å². The molecule has 3 aromatic rings. The minimum atomic E-state index is -0.422. The van der Waals surface area contributed by atoms with Gasteiger partial charge in [-0.15, -0.1) is 0 Å². The van der Waals surface area contributed by atoms with Crippen molar-refractivity contribution in [1.29, 1.82) is 0 Å². The van der Waals surface area contributed by atoms with E-state index >= 15 is 0 Å². The lowest BCUT2D eigenvalue weighted by Gasteiger charge is -2.08. The molecule has 1 aromatic heterocycles. The van der Waals surface area contributed by atoms with E-state index in [-0.39, 0.29) is 17.8 Å². The molecule has 1 N–H and O–H groups in total. The number of para-hydroxylation sites is 1. The Morgan fingerprint density at radius 1 is 1.04 bits per heavy atom. The number of nitrogens with one attached hydrogen (secondary N) is 1. The lowest BCUT2D eigenvalue weighted by atomic mass is 10.2. The van der Waals surface area contributed by atoms with Crippen LogP contribution >= 0.6 is 0 Å². The molecule has 0 spiro atoms. The van der Waals surface area contributed by atoms with Gasteiger partial charge in [-0.05, 0) is 35.9 Å². The van der Waals surface area contributed by atoms with Crippen molar-refractivity contribution in [1.82, 2.24) is 9.78 Å². The fourth-order valence-corrected chi connectivity index (χ4v) is 2.21. The summed E-state index contributed by atoms with van der Waals surface area (Å²) in [5.74, 6) is -0.812. The number of benzene rings is 2. The maximum atomic E-state index is 13.2. The molecule has 0 atom stereocenters. The molecule has 1 heterocycles. The quantitative estimate of drug-likeness (QED) is 0.803. The number of carbonyl (C=O) groups is 1. The van der Waals surface area contributed by atoms with Gasteiger partial charge in [0.2, 0.25) is 0 Å². The second-order valence-corrected chi connectivity index (χ2v) is 5.16. The van der Waals surface area contributed by atoms with Crippen LogP contribution in [0, 0.1) is 5.82 Å². The van der Waals surface area contributed by atoms with E-state index in [1.165, 1.54) is 24.3 Å². The average molecular weight is 323 g/mol. The number of carbonyl (C=O) groups excluding carboxylic acids is 1. The van der Waals surface area contributed by atoms with Gasteiger partial charge in [0.1, 0.15) is 11.5 Å². The van der Waals surface area contributed by atoms with Crippen LogP contribution < -0.4 is 10.9 Å². The monoisotopic (exact) mass is 323 g/mol. The minimum Gasteiger partial charge on any atom is -0.321 e. The first-order valence-electron chi connectivity index (χ1n) is 7.31. The highest BCUT2D eigenvalue weighted by molar-refractivity contribution is 6.02. The van der Waals surface area contributed by atoms with Gasteiger partial charge in [0, 0.05) is 11.8 Å². The van der Waals surface area contributed by atoms with Gasteiger partial charge in [0.15, 0.2) is 0 Å². The second-order valence-electron chi connectivity index (χ2n) is 5.16. The third-order valence-electron chi connectivity index (χ3n) is 3.35. The highest BCUT2D eigenvalue weighted by Crippen LogP contribution is 2.07. The van der Waals surface area contributed by atoms with Gasteiger partial charge in [-0.2, -0.15) is 5.10 Å². The molecular weight excluding hydrogens is 309 g/mol. The number of hydrogen-bond donors (Lipinski definition) is 1. The molecule has 0 fully saturated rings. The summed E-state index contributed by atoms with van der Waals surface area (Å²) in [4.78, 5) is 24.2. The predicted molar refractivity (Wildman–Crippen MR) is 88.4 cm³/mol. The number of amides is 1. The summed E-state index contributed by atoms with van der Waals surface area (Å²) in [6, 6.07) is 17.5. The Morgan fingerprint density at radius 2 is 1.83 bits per heavy atom. The molecule has 5 nitrogen and oxygen atoms in total. The van der Waals surface area contributed by atoms with Crippen LogP contribution in [0.4, 0.5) is 10.1 Å². The molecule has 0 saturated heterocycles. The summed E-state index contributed by atoms with van der Waals surface area (Å²) >= 11 is 0. The molecule has 24 heavy (non-hydrogen) atoms. The third kappa shape index (κ3) is 3.73. The average Bonchev–Trinajstić information content (AvgIpc) is 2.58. The maximum absolute atomic E-state index is 13.2. The smallest absolute Gasteiger partial charge is 0.276 e. The number of anilines is 1. The molecular formula is C18H14FN3O2. The Labute approximate surface area is 137 Å². The van der Waals surface area contributed by atoms with Gasteiger partial charge in [-0.1, -0.05) is 30.3 Å². The van der Waals surface area contributed by atoms with Crippen LogP contribution in [0.25, 0.3) is 0 Å². The Balaban J connectivity index is 1.83. The van der Waals surface area contributed by atoms with Crippen molar-refractivity contribution in [2.75, 3.05) is 5.32 Å². The standard InChI is InChI=1S/C18H14FN3O2/c19-14-6-4-5-13(11-14)12-22-17(23)10-9-16(21-22)18(24)20-15-7-2-1-3-8-15/h1-11H,12H2,(H,20,24). The predicted octanol–water partition coefficient (Wildman–Crippen LogP) is 2.68. The molecule has 0 aliphatic heterocycles. The minimum absolute atomic E-state index is 0.0864. The zero-order valence-corrected chi connectivity index (χ0v) is 12.6. The number of halogens is 1. The highest BCUT2D eigenvalue weighted by Gasteiger charge is 2.10. The first kappa shape index (κ1) is 15.6. The van der Waals surface area contributed by atoms with E-state index in [0.29, 0.717) is 11.3 Å². The zero-order chi connectivity index (χ0) is 16.9. The summed E-state index contributed by atoms with van der Waals surface area (Å²) in [6.45, 7) is 0.0864. The van der Waals surface area contributed by atoms with Gasteiger partial charge >= 0.3 is 0 Å². The molecule has 1 amide bonds. The fraction of sp³-hybridized carbons (Fsp3) is 0.0556. The van der Waals surface area contributed by atoms with Crippen LogP contribution in [0.1, 0.15) is 16.1 Å². The van der Waals surface area contributed by atoms with Crippen molar-refractivity contribution < 1.29 is 9.18 Å². The summed E-state index contributed by atoms with van der Waals surface area (Å²) in [6.07, 6.45) is 0. The van der Waals surface area contributed by atoms with Crippen molar-refractivity contribution in [3.05, 3.63) is 94.2 Å². The molecule has 0 bridgehead atoms. The Hall–Kier alpha value is -3.28. The third-order valence-corrected chi connectivity index (χ3v) is 3.35. The second kappa shape index (κ2) is 6.87. The molecule has 0 aliphatic carbocycles. The van der Waals surface area contributed by atoms with E-state index < -0.39 is 11.7 Å². The Bertz CT molecular complexity index is 923. The van der Waals surface area contributed by atoms with E-state index in [1.54, 1.807) is 36.4 Å². The maximum Gasteiger partial charge on any atom is 0.276 e. The Morgan fingerprint density at radius 3 is 2.58 bits per heavy atom. The lowest BCUT2D eigenvalue weighted by Crippen LogP contribution is -2.26. The summed E-state index contributed by atoms with van der Waals surface area (Å²) in [5, 5.41) is 6.76. The number of aromatic nitrogens is 2. The highest BCUT2D eigenvalue weighted by atomic mass is 19.1. The van der Waals surface area contributed by atoms with Crippen molar-refractivity contribution in [3.8, 4) is 0 Å². The Kier molecular flexibility index (Phi) is 4.47. The zero-order valence-electron chi connectivity index (χ0n) is 12.6. The van der Waals surface area contributed by atoms with Gasteiger partial charge < -0.3 is 5.32 Å². The van der Waals surface area contributed by atoms with Crippen LogP contribution in [0.3, 0.4) is 0 Å². The lowest BCUT2D eigenvalue weighted by molar-refractivity contribution is 0.102. The van der Waals surface area contributed by atoms with Crippen LogP contribution in [0.2, 0.25) is 0 Å². The normalized spacial score (nSPS) is 10.4. The molecule has 0 aliphatic rings. The number of nitrogens with zero attached hydrogens (tertiary/aromatic N) is 2. The number of hydrogen-bond acceptors (Lipinski definition) is 3. The van der Waals surface area contributed by atoms with Gasteiger partial charge in [-0.25, -0.2) is 9.07 Å². The van der Waals surface area contributed by atoms with Gasteiger partial charge in [-0.3, -0.25) is 9.59 Å². The largest absolute Gasteiger partial charge is 0.321 e. The van der Waals surface area contributed by atoms with Gasteiger partial charge in [0.25, 0.3) is 11.5 Å². The van der Waals surface area contributed by atoms with E-state index in [9.17, 15) is 14.0 Å². The van der Waals surface area contributed by atoms with E-state index in [0.717, 1.165) is 4.68 Å². The molecule has 0 unspecified atom stereocenters. The summed E-state index contributed by atoms with van der Waals surface area (Å²) in [7, 11) is 0. The molecule has 6 heteroatoms. The van der Waals surface area contributed by atoms with E-state index in [1.807, 2.05) is 6.07 Å². The first-order valence-corrected chi connectivity index (χ1v) is 7.31. The molecule has 0 radical (unpaired) electrons. The van der Waals surface area contributed by atoms with Gasteiger partial charge in [0.05, 0.1) is 6.54 Å². The van der Waals surface area contributed by atoms with Crippen molar-refractivity contribution in [3.63, 3.8) is 0 Å². The van der Waals surface area contributed by atoms with Crippen LogP contribution in [0.5, 0.6) is 0 Å².